The molecular weight excluding hydrogens is 282 g/mol. The van der Waals surface area contributed by atoms with Crippen LogP contribution in [0.3, 0.4) is 0 Å². The molecule has 0 spiro atoms. The van der Waals surface area contributed by atoms with Gasteiger partial charge in [0.05, 0.1) is 5.56 Å². The van der Waals surface area contributed by atoms with Crippen molar-refractivity contribution in [2.75, 3.05) is 5.32 Å². The maximum absolute atomic E-state index is 13.1. The Morgan fingerprint density at radius 2 is 1.71 bits per heavy atom. The van der Waals surface area contributed by atoms with Crippen molar-refractivity contribution in [3.8, 4) is 0 Å². The summed E-state index contributed by atoms with van der Waals surface area (Å²) in [6.07, 6.45) is -4.40. The molecule has 0 heterocycles. The zero-order valence-electron chi connectivity index (χ0n) is 11.6. The summed E-state index contributed by atoms with van der Waals surface area (Å²) in [6.45, 7) is 3.35. The van der Waals surface area contributed by atoms with Gasteiger partial charge < -0.3 is 5.32 Å². The number of rotatable bonds is 3. The van der Waals surface area contributed by atoms with Crippen LogP contribution in [0, 0.1) is 12.7 Å². The number of hydrogen-bond acceptors (Lipinski definition) is 1. The quantitative estimate of drug-likeness (QED) is 0.755. The zero-order chi connectivity index (χ0) is 15.6. The molecule has 2 aromatic carbocycles. The summed E-state index contributed by atoms with van der Waals surface area (Å²) in [5, 5.41) is 3.00. The van der Waals surface area contributed by atoms with E-state index in [1.165, 1.54) is 30.3 Å². The molecule has 0 saturated heterocycles. The van der Waals surface area contributed by atoms with Crippen LogP contribution in [-0.2, 0) is 6.18 Å². The van der Waals surface area contributed by atoms with E-state index in [9.17, 15) is 17.6 Å². The van der Waals surface area contributed by atoms with Crippen LogP contribution in [0.2, 0.25) is 0 Å². The lowest BCUT2D eigenvalue weighted by atomic mass is 10.0. The van der Waals surface area contributed by atoms with Crippen molar-refractivity contribution in [3.63, 3.8) is 0 Å². The van der Waals surface area contributed by atoms with Gasteiger partial charge in [-0.05, 0) is 49.2 Å². The summed E-state index contributed by atoms with van der Waals surface area (Å²) >= 11 is 0. The summed E-state index contributed by atoms with van der Waals surface area (Å²) in [6, 6.07) is 9.03. The Balaban J connectivity index is 2.31. The van der Waals surface area contributed by atoms with Gasteiger partial charge >= 0.3 is 6.18 Å². The molecular formula is C16H15F4N. The lowest BCUT2D eigenvalue weighted by Gasteiger charge is -2.21. The van der Waals surface area contributed by atoms with Gasteiger partial charge in [0.1, 0.15) is 5.82 Å². The van der Waals surface area contributed by atoms with Gasteiger partial charge in [-0.15, -0.1) is 0 Å². The molecule has 0 saturated carbocycles. The van der Waals surface area contributed by atoms with Crippen LogP contribution >= 0.6 is 0 Å². The molecule has 1 unspecified atom stereocenters. The van der Waals surface area contributed by atoms with Crippen LogP contribution in [0.4, 0.5) is 23.2 Å². The Bertz CT molecular complexity index is 634. The number of nitrogens with one attached hydrogen (secondary N) is 1. The van der Waals surface area contributed by atoms with Crippen LogP contribution in [-0.4, -0.2) is 0 Å². The predicted molar refractivity (Wildman–Crippen MR) is 74.6 cm³/mol. The largest absolute Gasteiger partial charge is 0.416 e. The third-order valence-corrected chi connectivity index (χ3v) is 3.29. The predicted octanol–water partition coefficient (Wildman–Crippen LogP) is 5.33. The van der Waals surface area contributed by atoms with Crippen molar-refractivity contribution < 1.29 is 17.6 Å². The molecule has 1 nitrogen and oxygen atoms in total. The second-order valence-electron chi connectivity index (χ2n) is 4.91. The van der Waals surface area contributed by atoms with Crippen molar-refractivity contribution in [1.82, 2.24) is 0 Å². The molecule has 112 valence electrons. The van der Waals surface area contributed by atoms with Crippen LogP contribution in [0.15, 0.2) is 42.5 Å². The lowest BCUT2D eigenvalue weighted by Crippen LogP contribution is -2.15. The number of anilines is 1. The average molecular weight is 297 g/mol. The number of hydrogen-bond donors (Lipinski definition) is 1. The molecule has 21 heavy (non-hydrogen) atoms. The van der Waals surface area contributed by atoms with Gasteiger partial charge in [-0.3, -0.25) is 0 Å². The molecule has 0 aliphatic rings. The number of aryl methyl sites for hydroxylation is 1. The van der Waals surface area contributed by atoms with Gasteiger partial charge in [0.2, 0.25) is 0 Å². The number of alkyl halides is 3. The Morgan fingerprint density at radius 3 is 2.33 bits per heavy atom. The molecule has 0 fully saturated rings. The smallest absolute Gasteiger partial charge is 0.378 e. The van der Waals surface area contributed by atoms with Crippen molar-refractivity contribution in [3.05, 3.63) is 65.0 Å². The number of halogens is 4. The highest BCUT2D eigenvalue weighted by atomic mass is 19.4. The molecule has 0 aliphatic carbocycles. The van der Waals surface area contributed by atoms with Gasteiger partial charge in [-0.1, -0.05) is 18.2 Å². The van der Waals surface area contributed by atoms with Crippen molar-refractivity contribution in [1.29, 1.82) is 0 Å². The summed E-state index contributed by atoms with van der Waals surface area (Å²) in [4.78, 5) is 0. The fraction of sp³-hybridized carbons (Fsp3) is 0.250. The SMILES string of the molecule is Cc1cc(F)ccc1NC(C)c1ccccc1C(F)(F)F. The van der Waals surface area contributed by atoms with Gasteiger partial charge in [0, 0.05) is 11.7 Å². The molecule has 0 aromatic heterocycles. The average Bonchev–Trinajstić information content (AvgIpc) is 2.41. The van der Waals surface area contributed by atoms with E-state index in [4.69, 9.17) is 0 Å². The highest BCUT2D eigenvalue weighted by molar-refractivity contribution is 5.52. The minimum absolute atomic E-state index is 0.161. The molecule has 0 amide bonds. The Labute approximate surface area is 120 Å². The first-order valence-corrected chi connectivity index (χ1v) is 6.48. The third-order valence-electron chi connectivity index (χ3n) is 3.29. The molecule has 2 aromatic rings. The first kappa shape index (κ1) is 15.4. The molecule has 0 bridgehead atoms. The van der Waals surface area contributed by atoms with Gasteiger partial charge in [0.15, 0.2) is 0 Å². The fourth-order valence-corrected chi connectivity index (χ4v) is 2.23. The standard InChI is InChI=1S/C16H15F4N/c1-10-9-12(17)7-8-15(10)21-11(2)13-5-3-4-6-14(13)16(18,19)20/h3-9,11,21H,1-2H3. The van der Waals surface area contributed by atoms with E-state index in [1.54, 1.807) is 19.9 Å². The van der Waals surface area contributed by atoms with E-state index in [0.29, 0.717) is 11.3 Å². The summed E-state index contributed by atoms with van der Waals surface area (Å²) in [7, 11) is 0. The van der Waals surface area contributed by atoms with E-state index in [2.05, 4.69) is 5.32 Å². The lowest BCUT2D eigenvalue weighted by molar-refractivity contribution is -0.138. The summed E-state index contributed by atoms with van der Waals surface area (Å²) < 4.78 is 52.1. The minimum Gasteiger partial charge on any atom is -0.378 e. The maximum Gasteiger partial charge on any atom is 0.416 e. The maximum atomic E-state index is 13.1. The van der Waals surface area contributed by atoms with E-state index in [0.717, 1.165) is 6.07 Å². The molecule has 0 aliphatic heterocycles. The number of benzene rings is 2. The van der Waals surface area contributed by atoms with Crippen molar-refractivity contribution >= 4 is 5.69 Å². The normalized spacial score (nSPS) is 13.0. The Hall–Kier alpha value is -2.04. The summed E-state index contributed by atoms with van der Waals surface area (Å²) in [5.41, 5.74) is 0.755. The van der Waals surface area contributed by atoms with Crippen LogP contribution in [0.25, 0.3) is 0 Å². The fourth-order valence-electron chi connectivity index (χ4n) is 2.23. The monoisotopic (exact) mass is 297 g/mol. The van der Waals surface area contributed by atoms with E-state index >= 15 is 0 Å². The van der Waals surface area contributed by atoms with Crippen LogP contribution < -0.4 is 5.32 Å². The molecule has 5 heteroatoms. The molecule has 1 atom stereocenters. The minimum atomic E-state index is -4.40. The van der Waals surface area contributed by atoms with E-state index in [-0.39, 0.29) is 11.4 Å². The van der Waals surface area contributed by atoms with E-state index in [1.807, 2.05) is 0 Å². The highest BCUT2D eigenvalue weighted by Crippen LogP contribution is 2.35. The van der Waals surface area contributed by atoms with Gasteiger partial charge in [-0.2, -0.15) is 13.2 Å². The molecule has 2 rings (SSSR count). The second kappa shape index (κ2) is 5.76. The summed E-state index contributed by atoms with van der Waals surface area (Å²) in [5.74, 6) is -0.374. The van der Waals surface area contributed by atoms with Crippen molar-refractivity contribution in [2.24, 2.45) is 0 Å². The Kier molecular flexibility index (Phi) is 4.21. The van der Waals surface area contributed by atoms with Crippen LogP contribution in [0.1, 0.15) is 29.7 Å². The van der Waals surface area contributed by atoms with Crippen LogP contribution in [0.5, 0.6) is 0 Å². The highest BCUT2D eigenvalue weighted by Gasteiger charge is 2.34. The second-order valence-corrected chi connectivity index (χ2v) is 4.91. The first-order chi connectivity index (χ1) is 9.79. The third kappa shape index (κ3) is 3.54. The van der Waals surface area contributed by atoms with E-state index < -0.39 is 17.8 Å². The first-order valence-electron chi connectivity index (χ1n) is 6.48. The topological polar surface area (TPSA) is 12.0 Å². The zero-order valence-corrected chi connectivity index (χ0v) is 11.6. The Morgan fingerprint density at radius 1 is 1.05 bits per heavy atom. The molecule has 1 N–H and O–H groups in total. The van der Waals surface area contributed by atoms with Gasteiger partial charge in [-0.25, -0.2) is 4.39 Å². The molecule has 0 radical (unpaired) electrons. The van der Waals surface area contributed by atoms with Gasteiger partial charge in [0.25, 0.3) is 0 Å². The van der Waals surface area contributed by atoms with Crippen molar-refractivity contribution in [2.45, 2.75) is 26.1 Å².